The molecule has 5 nitrogen and oxygen atoms in total. The molecular formula is C14H42O5Si6. The van der Waals surface area contributed by atoms with E-state index < -0.39 is 50.9 Å². The first-order chi connectivity index (χ1) is 10.5. The predicted molar refractivity (Wildman–Crippen MR) is 122 cm³/mol. The Kier molecular flexibility index (Phi) is 8.59. The molecule has 0 saturated carbocycles. The fourth-order valence-electron chi connectivity index (χ4n) is 3.03. The van der Waals surface area contributed by atoms with Crippen molar-refractivity contribution in [1.29, 1.82) is 0 Å². The second-order valence-electron chi connectivity index (χ2n) is 10.5. The van der Waals surface area contributed by atoms with Crippen LogP contribution in [-0.4, -0.2) is 50.9 Å². The van der Waals surface area contributed by atoms with Crippen molar-refractivity contribution in [3.8, 4) is 0 Å². The van der Waals surface area contributed by atoms with Crippen molar-refractivity contribution in [2.24, 2.45) is 0 Å². The van der Waals surface area contributed by atoms with E-state index in [9.17, 15) is 0 Å². The average molecular weight is 459 g/mol. The smallest absolute Gasteiger partial charge is 0.437 e. The minimum Gasteiger partial charge on any atom is -0.437 e. The highest BCUT2D eigenvalue weighted by molar-refractivity contribution is 6.91. The Labute approximate surface area is 163 Å². The van der Waals surface area contributed by atoms with Gasteiger partial charge in [0, 0.05) is 6.55 Å². The van der Waals surface area contributed by atoms with Crippen LogP contribution in [0.4, 0.5) is 0 Å². The number of hydrogen-bond donors (Lipinski definition) is 0. The Balaban J connectivity index is 5.52. The molecule has 0 rings (SSSR count). The summed E-state index contributed by atoms with van der Waals surface area (Å²) in [5, 5.41) is 0. The summed E-state index contributed by atoms with van der Waals surface area (Å²) in [6, 6.07) is 0. The summed E-state index contributed by atoms with van der Waals surface area (Å²) in [5.41, 5.74) is 0. The number of rotatable bonds is 10. The van der Waals surface area contributed by atoms with Gasteiger partial charge >= 0.3 is 25.9 Å². The summed E-state index contributed by atoms with van der Waals surface area (Å²) in [6.45, 7) is 30.1. The first-order valence-electron chi connectivity index (χ1n) is 9.04. The van der Waals surface area contributed by atoms with E-state index in [1.165, 1.54) is 0 Å². The molecule has 0 N–H and O–H groups in total. The zero-order valence-corrected chi connectivity index (χ0v) is 25.0. The molecule has 11 heteroatoms. The van der Waals surface area contributed by atoms with Crippen molar-refractivity contribution in [1.82, 2.24) is 0 Å². The van der Waals surface area contributed by atoms with Crippen LogP contribution in [0.15, 0.2) is 0 Å². The zero-order chi connectivity index (χ0) is 20.5. The van der Waals surface area contributed by atoms with E-state index in [1.807, 2.05) is 6.55 Å². The van der Waals surface area contributed by atoms with E-state index in [1.54, 1.807) is 0 Å². The molecule has 0 heterocycles. The molecule has 0 atom stereocenters. The van der Waals surface area contributed by atoms with E-state index in [2.05, 4.69) is 85.1 Å². The van der Waals surface area contributed by atoms with Crippen LogP contribution in [0.5, 0.6) is 0 Å². The lowest BCUT2D eigenvalue weighted by Crippen LogP contribution is -2.63. The zero-order valence-electron chi connectivity index (χ0n) is 19.0. The van der Waals surface area contributed by atoms with Crippen molar-refractivity contribution in [3.63, 3.8) is 0 Å². The number of hydrogen-bond acceptors (Lipinski definition) is 5. The summed E-state index contributed by atoms with van der Waals surface area (Å²) < 4.78 is 32.4. The van der Waals surface area contributed by atoms with E-state index in [-0.39, 0.29) is 0 Å². The SMILES string of the molecule is C[Si](C)(C)O[Si](C)(C)O[Si](C)(O[Si](C)(C)C)O[Si](C)(C)O[Si](C)(C)C. The molecule has 0 aliphatic rings. The molecule has 0 saturated heterocycles. The molecule has 0 spiro atoms. The standard InChI is InChI=1S/C14H42O5Si6/c1-20(2,3)15-23(10,11)18-25(14,17-22(7,8)9)19-24(12,13)16-21(4,5)6/h1-14H3. The van der Waals surface area contributed by atoms with Crippen LogP contribution >= 0.6 is 0 Å². The van der Waals surface area contributed by atoms with Crippen LogP contribution in [0.3, 0.4) is 0 Å². The summed E-state index contributed by atoms with van der Waals surface area (Å²) in [6.07, 6.45) is 0. The van der Waals surface area contributed by atoms with Crippen LogP contribution in [0.2, 0.25) is 91.7 Å². The molecule has 0 aliphatic heterocycles. The highest BCUT2D eigenvalue weighted by atomic mass is 28.5. The van der Waals surface area contributed by atoms with Gasteiger partial charge in [-0.25, -0.2) is 0 Å². The Bertz CT molecular complexity index is 406. The minimum atomic E-state index is -2.88. The Morgan fingerprint density at radius 1 is 0.320 bits per heavy atom. The summed E-state index contributed by atoms with van der Waals surface area (Å²) in [4.78, 5) is 0. The lowest BCUT2D eigenvalue weighted by Gasteiger charge is -2.44. The second kappa shape index (κ2) is 8.23. The average Bonchev–Trinajstić information content (AvgIpc) is 1.97. The van der Waals surface area contributed by atoms with Crippen molar-refractivity contribution >= 4 is 50.9 Å². The maximum absolute atomic E-state index is 6.58. The molecule has 152 valence electrons. The molecule has 0 aromatic rings. The van der Waals surface area contributed by atoms with Crippen LogP contribution in [0.25, 0.3) is 0 Å². The van der Waals surface area contributed by atoms with Crippen LogP contribution in [0.1, 0.15) is 0 Å². The van der Waals surface area contributed by atoms with Gasteiger partial charge in [0.2, 0.25) is 0 Å². The fraction of sp³-hybridized carbons (Fsp3) is 1.00. The Hall–Kier alpha value is 1.10. The molecule has 0 aromatic heterocycles. The molecule has 0 fully saturated rings. The lowest BCUT2D eigenvalue weighted by molar-refractivity contribution is 0.216. The van der Waals surface area contributed by atoms with Gasteiger partial charge in [0.15, 0.2) is 25.0 Å². The van der Waals surface area contributed by atoms with Crippen molar-refractivity contribution < 1.29 is 20.6 Å². The van der Waals surface area contributed by atoms with E-state index in [0.717, 1.165) is 0 Å². The van der Waals surface area contributed by atoms with Crippen LogP contribution < -0.4 is 0 Å². The molecule has 0 amide bonds. The highest BCUT2D eigenvalue weighted by Gasteiger charge is 2.51. The van der Waals surface area contributed by atoms with Crippen molar-refractivity contribution in [2.75, 3.05) is 0 Å². The maximum atomic E-state index is 6.58. The van der Waals surface area contributed by atoms with Gasteiger partial charge in [-0.15, -0.1) is 0 Å². The summed E-state index contributed by atoms with van der Waals surface area (Å²) in [7, 11) is -12.8. The third-order valence-corrected chi connectivity index (χ3v) is 22.1. The largest absolute Gasteiger partial charge is 0.469 e. The third kappa shape index (κ3) is 13.8. The lowest BCUT2D eigenvalue weighted by atomic mass is 11.8. The van der Waals surface area contributed by atoms with Gasteiger partial charge in [-0.2, -0.15) is 0 Å². The second-order valence-corrected chi connectivity index (χ2v) is 34.6. The normalized spacial score (nSPS) is 15.6. The Morgan fingerprint density at radius 2 is 0.560 bits per heavy atom. The monoisotopic (exact) mass is 458 g/mol. The third-order valence-electron chi connectivity index (χ3n) is 2.46. The summed E-state index contributed by atoms with van der Waals surface area (Å²) >= 11 is 0. The van der Waals surface area contributed by atoms with Gasteiger partial charge in [0.25, 0.3) is 0 Å². The first-order valence-corrected chi connectivity index (χ1v) is 27.1. The maximum Gasteiger partial charge on any atom is 0.469 e. The summed E-state index contributed by atoms with van der Waals surface area (Å²) in [5.74, 6) is 0. The van der Waals surface area contributed by atoms with E-state index in [4.69, 9.17) is 20.6 Å². The van der Waals surface area contributed by atoms with Crippen molar-refractivity contribution in [3.05, 3.63) is 0 Å². The molecular weight excluding hydrogens is 417 g/mol. The van der Waals surface area contributed by atoms with Crippen molar-refractivity contribution in [2.45, 2.75) is 91.7 Å². The quantitative estimate of drug-likeness (QED) is 0.402. The predicted octanol–water partition coefficient (Wildman–Crippen LogP) is 5.55. The molecule has 0 unspecified atom stereocenters. The van der Waals surface area contributed by atoms with Gasteiger partial charge in [-0.3, -0.25) is 0 Å². The molecule has 0 aliphatic carbocycles. The van der Waals surface area contributed by atoms with Gasteiger partial charge in [0.05, 0.1) is 0 Å². The van der Waals surface area contributed by atoms with E-state index in [0.29, 0.717) is 0 Å². The molecule has 0 radical (unpaired) electrons. The molecule has 0 aromatic carbocycles. The van der Waals surface area contributed by atoms with Gasteiger partial charge < -0.3 is 20.6 Å². The molecule has 0 bridgehead atoms. The fourth-order valence-corrected chi connectivity index (χ4v) is 29.1. The Morgan fingerprint density at radius 3 is 0.760 bits per heavy atom. The minimum absolute atomic E-state index is 1.70. The van der Waals surface area contributed by atoms with Crippen LogP contribution in [0, 0.1) is 0 Å². The van der Waals surface area contributed by atoms with Crippen LogP contribution in [-0.2, 0) is 20.6 Å². The van der Waals surface area contributed by atoms with Gasteiger partial charge in [-0.1, -0.05) is 0 Å². The van der Waals surface area contributed by atoms with Gasteiger partial charge in [-0.05, 0) is 85.1 Å². The first kappa shape index (κ1) is 26.1. The highest BCUT2D eigenvalue weighted by Crippen LogP contribution is 2.28. The topological polar surface area (TPSA) is 46.2 Å². The molecule has 25 heavy (non-hydrogen) atoms. The van der Waals surface area contributed by atoms with Gasteiger partial charge in [0.1, 0.15) is 0 Å². The van der Waals surface area contributed by atoms with E-state index >= 15 is 0 Å².